The van der Waals surface area contributed by atoms with Gasteiger partial charge in [-0.15, -0.1) is 0 Å². The molecular weight excluding hydrogens is 348 g/mol. The molecule has 2 atom stereocenters. The van der Waals surface area contributed by atoms with Crippen LogP contribution in [0.4, 0.5) is 5.69 Å². The Bertz CT molecular complexity index is 764. The minimum absolute atomic E-state index is 0.0174. The highest BCUT2D eigenvalue weighted by atomic mass is 32.2. The van der Waals surface area contributed by atoms with E-state index in [1.54, 1.807) is 4.90 Å². The summed E-state index contributed by atoms with van der Waals surface area (Å²) in [5, 5.41) is 2.84. The van der Waals surface area contributed by atoms with E-state index in [2.05, 4.69) is 5.32 Å². The summed E-state index contributed by atoms with van der Waals surface area (Å²) >= 11 is 1.49. The largest absolute Gasteiger partial charge is 0.457 e. The summed E-state index contributed by atoms with van der Waals surface area (Å²) in [6, 6.07) is 16.8. The van der Waals surface area contributed by atoms with Crippen molar-refractivity contribution in [2.75, 3.05) is 17.7 Å². The van der Waals surface area contributed by atoms with Gasteiger partial charge in [0.2, 0.25) is 11.8 Å². The van der Waals surface area contributed by atoms with Crippen LogP contribution < -0.4 is 15.0 Å². The molecule has 3 rings (SSSR count). The monoisotopic (exact) mass is 370 g/mol. The SMILES string of the molecule is CSC(C)C(=O)NC1CC(=O)N(c2ccc(Oc3ccccc3)cc2)C1. The van der Waals surface area contributed by atoms with E-state index in [4.69, 9.17) is 4.74 Å². The molecule has 6 heteroatoms. The number of hydrogen-bond donors (Lipinski definition) is 1. The first-order chi connectivity index (χ1) is 12.6. The van der Waals surface area contributed by atoms with Crippen molar-refractivity contribution in [2.24, 2.45) is 0 Å². The highest BCUT2D eigenvalue weighted by molar-refractivity contribution is 7.99. The van der Waals surface area contributed by atoms with Crippen molar-refractivity contribution < 1.29 is 14.3 Å². The molecule has 0 saturated carbocycles. The fourth-order valence-electron chi connectivity index (χ4n) is 2.80. The van der Waals surface area contributed by atoms with E-state index < -0.39 is 0 Å². The molecule has 2 aromatic carbocycles. The zero-order chi connectivity index (χ0) is 18.5. The molecule has 26 heavy (non-hydrogen) atoms. The van der Waals surface area contributed by atoms with Crippen LogP contribution in [0.3, 0.4) is 0 Å². The molecule has 0 bridgehead atoms. The van der Waals surface area contributed by atoms with Crippen LogP contribution in [0.2, 0.25) is 0 Å². The lowest BCUT2D eigenvalue weighted by molar-refractivity contribution is -0.121. The third kappa shape index (κ3) is 4.38. The Kier molecular flexibility index (Phi) is 5.83. The van der Waals surface area contributed by atoms with Crippen molar-refractivity contribution in [1.29, 1.82) is 0 Å². The second kappa shape index (κ2) is 8.27. The first-order valence-electron chi connectivity index (χ1n) is 8.53. The molecule has 136 valence electrons. The van der Waals surface area contributed by atoms with Crippen molar-refractivity contribution >= 4 is 29.3 Å². The highest BCUT2D eigenvalue weighted by Gasteiger charge is 2.32. The van der Waals surface area contributed by atoms with Gasteiger partial charge < -0.3 is 15.0 Å². The summed E-state index contributed by atoms with van der Waals surface area (Å²) in [6.45, 7) is 2.35. The summed E-state index contributed by atoms with van der Waals surface area (Å²) in [5.41, 5.74) is 0.810. The first-order valence-corrected chi connectivity index (χ1v) is 9.82. The normalized spacial score (nSPS) is 17.8. The van der Waals surface area contributed by atoms with Gasteiger partial charge in [-0.3, -0.25) is 9.59 Å². The third-order valence-electron chi connectivity index (χ3n) is 4.32. The maximum absolute atomic E-state index is 12.3. The minimum atomic E-state index is -0.148. The van der Waals surface area contributed by atoms with E-state index in [1.165, 1.54) is 11.8 Å². The van der Waals surface area contributed by atoms with E-state index in [0.717, 1.165) is 11.4 Å². The van der Waals surface area contributed by atoms with Gasteiger partial charge in [0, 0.05) is 18.7 Å². The number of benzene rings is 2. The van der Waals surface area contributed by atoms with Gasteiger partial charge >= 0.3 is 0 Å². The zero-order valence-electron chi connectivity index (χ0n) is 14.8. The number of nitrogens with zero attached hydrogens (tertiary/aromatic N) is 1. The molecule has 1 saturated heterocycles. The maximum Gasteiger partial charge on any atom is 0.233 e. The number of carbonyl (C=O) groups is 2. The summed E-state index contributed by atoms with van der Waals surface area (Å²) in [6.07, 6.45) is 2.23. The van der Waals surface area contributed by atoms with Crippen LogP contribution >= 0.6 is 11.8 Å². The summed E-state index contributed by atoms with van der Waals surface area (Å²) < 4.78 is 5.77. The van der Waals surface area contributed by atoms with Crippen molar-refractivity contribution in [2.45, 2.75) is 24.6 Å². The first kappa shape index (κ1) is 18.3. The lowest BCUT2D eigenvalue weighted by Gasteiger charge is -2.18. The molecular formula is C20H22N2O3S. The number of rotatable bonds is 6. The molecule has 1 aliphatic heterocycles. The summed E-state index contributed by atoms with van der Waals surface area (Å²) in [7, 11) is 0. The molecule has 2 amide bonds. The minimum Gasteiger partial charge on any atom is -0.457 e. The highest BCUT2D eigenvalue weighted by Crippen LogP contribution is 2.27. The molecule has 2 unspecified atom stereocenters. The molecule has 5 nitrogen and oxygen atoms in total. The topological polar surface area (TPSA) is 58.6 Å². The number of para-hydroxylation sites is 1. The number of hydrogen-bond acceptors (Lipinski definition) is 4. The van der Waals surface area contributed by atoms with E-state index in [0.29, 0.717) is 18.7 Å². The molecule has 1 heterocycles. The molecule has 2 aromatic rings. The number of amides is 2. The lowest BCUT2D eigenvalue weighted by atomic mass is 10.2. The molecule has 1 aliphatic rings. The fraction of sp³-hybridized carbons (Fsp3) is 0.300. The smallest absolute Gasteiger partial charge is 0.233 e. The standard InChI is InChI=1S/C20H22N2O3S/c1-14(26-2)20(24)21-15-12-19(23)22(13-15)16-8-10-18(11-9-16)25-17-6-4-3-5-7-17/h3-11,14-15H,12-13H2,1-2H3,(H,21,24). The number of anilines is 1. The molecule has 0 spiro atoms. The van der Waals surface area contributed by atoms with Gasteiger partial charge in [0.25, 0.3) is 0 Å². The third-order valence-corrected chi connectivity index (χ3v) is 5.24. The molecule has 0 aromatic heterocycles. The van der Waals surface area contributed by atoms with Crippen LogP contribution in [0.25, 0.3) is 0 Å². The molecule has 1 fully saturated rings. The van der Waals surface area contributed by atoms with Gasteiger partial charge in [-0.25, -0.2) is 0 Å². The van der Waals surface area contributed by atoms with Gasteiger partial charge in [0.1, 0.15) is 11.5 Å². The Morgan fingerprint density at radius 1 is 1.15 bits per heavy atom. The van der Waals surface area contributed by atoms with Gasteiger partial charge in [0.05, 0.1) is 11.3 Å². The number of ether oxygens (including phenoxy) is 1. The Hall–Kier alpha value is -2.47. The van der Waals surface area contributed by atoms with Gasteiger partial charge in [-0.1, -0.05) is 18.2 Å². The second-order valence-electron chi connectivity index (χ2n) is 6.20. The maximum atomic E-state index is 12.3. The van der Waals surface area contributed by atoms with E-state index >= 15 is 0 Å². The van der Waals surface area contributed by atoms with E-state index in [1.807, 2.05) is 67.8 Å². The molecule has 1 N–H and O–H groups in total. The van der Waals surface area contributed by atoms with Gasteiger partial charge in [-0.2, -0.15) is 11.8 Å². The Labute approximate surface area is 157 Å². The van der Waals surface area contributed by atoms with Crippen molar-refractivity contribution in [3.8, 4) is 11.5 Å². The average Bonchev–Trinajstić information content (AvgIpc) is 3.02. The second-order valence-corrected chi connectivity index (χ2v) is 7.38. The van der Waals surface area contributed by atoms with Crippen LogP contribution in [-0.2, 0) is 9.59 Å². The van der Waals surface area contributed by atoms with Gasteiger partial charge in [-0.05, 0) is 49.6 Å². The molecule has 0 radical (unpaired) electrons. The lowest BCUT2D eigenvalue weighted by Crippen LogP contribution is -2.40. The average molecular weight is 370 g/mol. The fourth-order valence-corrected chi connectivity index (χ4v) is 3.08. The van der Waals surface area contributed by atoms with Crippen LogP contribution in [0, 0.1) is 0 Å². The number of nitrogens with one attached hydrogen (secondary N) is 1. The predicted molar refractivity (Wildman–Crippen MR) is 105 cm³/mol. The van der Waals surface area contributed by atoms with Crippen LogP contribution in [0.1, 0.15) is 13.3 Å². The Morgan fingerprint density at radius 3 is 2.46 bits per heavy atom. The van der Waals surface area contributed by atoms with E-state index in [-0.39, 0.29) is 23.1 Å². The van der Waals surface area contributed by atoms with Crippen molar-refractivity contribution in [3.63, 3.8) is 0 Å². The van der Waals surface area contributed by atoms with Crippen LogP contribution in [0.5, 0.6) is 11.5 Å². The van der Waals surface area contributed by atoms with Crippen LogP contribution in [0.15, 0.2) is 54.6 Å². The molecule has 0 aliphatic carbocycles. The Balaban J connectivity index is 1.62. The summed E-state index contributed by atoms with van der Waals surface area (Å²) in [5.74, 6) is 1.47. The van der Waals surface area contributed by atoms with Crippen LogP contribution in [-0.4, -0.2) is 35.9 Å². The van der Waals surface area contributed by atoms with Crippen molar-refractivity contribution in [3.05, 3.63) is 54.6 Å². The zero-order valence-corrected chi connectivity index (χ0v) is 15.7. The number of carbonyl (C=O) groups excluding carboxylic acids is 2. The summed E-state index contributed by atoms with van der Waals surface area (Å²) in [4.78, 5) is 26.0. The van der Waals surface area contributed by atoms with Gasteiger partial charge in [0.15, 0.2) is 0 Å². The quantitative estimate of drug-likeness (QED) is 0.846. The van der Waals surface area contributed by atoms with Crippen molar-refractivity contribution in [1.82, 2.24) is 5.32 Å². The predicted octanol–water partition coefficient (Wildman–Crippen LogP) is 3.45. The van der Waals surface area contributed by atoms with E-state index in [9.17, 15) is 9.59 Å². The Morgan fingerprint density at radius 2 is 1.81 bits per heavy atom. The number of thioether (sulfide) groups is 1.